The van der Waals surface area contributed by atoms with Crippen molar-refractivity contribution < 1.29 is 8.42 Å². The molecular weight excluding hydrogens is 340 g/mol. The molecule has 0 aromatic heterocycles. The van der Waals surface area contributed by atoms with Crippen LogP contribution in [0.25, 0.3) is 0 Å². The number of hydrogen-bond donors (Lipinski definition) is 1. The summed E-state index contributed by atoms with van der Waals surface area (Å²) in [6, 6.07) is 7.96. The van der Waals surface area contributed by atoms with Gasteiger partial charge in [0, 0.05) is 29.5 Å². The Hall–Kier alpha value is -0.430. The van der Waals surface area contributed by atoms with E-state index in [0.29, 0.717) is 19.6 Å². The van der Waals surface area contributed by atoms with E-state index in [-0.39, 0.29) is 5.41 Å². The molecule has 0 unspecified atom stereocenters. The summed E-state index contributed by atoms with van der Waals surface area (Å²) in [4.78, 5) is 0. The molecule has 114 valence electrons. The molecule has 0 aliphatic heterocycles. The maximum atomic E-state index is 12.1. The highest BCUT2D eigenvalue weighted by Gasteiger charge is 2.25. The molecule has 1 aromatic carbocycles. The lowest BCUT2D eigenvalue weighted by Crippen LogP contribution is -2.45. The number of benzene rings is 1. The van der Waals surface area contributed by atoms with Crippen molar-refractivity contribution in [3.05, 3.63) is 34.3 Å². The van der Waals surface area contributed by atoms with Crippen molar-refractivity contribution in [2.24, 2.45) is 0 Å². The molecule has 0 amide bonds. The first-order valence-electron chi connectivity index (χ1n) is 6.73. The zero-order valence-corrected chi connectivity index (χ0v) is 14.9. The number of nitrogens with one attached hydrogen (secondary N) is 1. The van der Waals surface area contributed by atoms with Crippen molar-refractivity contribution >= 4 is 26.1 Å². The Morgan fingerprint density at radius 1 is 1.15 bits per heavy atom. The minimum Gasteiger partial charge on any atom is -0.201 e. The highest BCUT2D eigenvalue weighted by molar-refractivity contribution is 9.10. The van der Waals surface area contributed by atoms with Gasteiger partial charge in [-0.25, -0.2) is 4.72 Å². The van der Waals surface area contributed by atoms with Crippen LogP contribution >= 0.6 is 15.9 Å². The van der Waals surface area contributed by atoms with Crippen molar-refractivity contribution in [3.63, 3.8) is 0 Å². The quantitative estimate of drug-likeness (QED) is 0.810. The van der Waals surface area contributed by atoms with E-state index in [1.165, 1.54) is 4.31 Å². The lowest BCUT2D eigenvalue weighted by molar-refractivity contribution is 0.422. The molecule has 0 saturated carbocycles. The Balaban J connectivity index is 2.79. The minimum atomic E-state index is -3.40. The zero-order valence-electron chi connectivity index (χ0n) is 12.5. The van der Waals surface area contributed by atoms with E-state index in [1.807, 2.05) is 52.0 Å². The molecule has 1 rings (SSSR count). The van der Waals surface area contributed by atoms with Crippen LogP contribution in [-0.2, 0) is 15.6 Å². The average Bonchev–Trinajstić information content (AvgIpc) is 2.38. The molecular formula is C14H23BrN2O2S. The van der Waals surface area contributed by atoms with Crippen LogP contribution in [0.2, 0.25) is 0 Å². The lowest BCUT2D eigenvalue weighted by Gasteiger charge is -2.27. The molecule has 0 radical (unpaired) electrons. The first-order chi connectivity index (χ1) is 9.23. The van der Waals surface area contributed by atoms with Gasteiger partial charge in [0.1, 0.15) is 0 Å². The fourth-order valence-corrected chi connectivity index (χ4v) is 3.60. The summed E-state index contributed by atoms with van der Waals surface area (Å²) in [6.45, 7) is 9.05. The molecule has 0 heterocycles. The van der Waals surface area contributed by atoms with Crippen LogP contribution in [0.5, 0.6) is 0 Å². The van der Waals surface area contributed by atoms with Gasteiger partial charge in [-0.1, -0.05) is 55.8 Å². The SMILES string of the molecule is CCN(CC)S(=O)(=O)NCC(C)(C)c1ccc(Br)cc1. The standard InChI is InChI=1S/C14H23BrN2O2S/c1-5-17(6-2)20(18,19)16-11-14(3,4)12-7-9-13(15)10-8-12/h7-10,16H,5-6,11H2,1-4H3. The highest BCUT2D eigenvalue weighted by atomic mass is 79.9. The van der Waals surface area contributed by atoms with Gasteiger partial charge >= 0.3 is 0 Å². The monoisotopic (exact) mass is 362 g/mol. The number of rotatable bonds is 7. The molecule has 0 atom stereocenters. The van der Waals surface area contributed by atoms with Crippen LogP contribution in [0.15, 0.2) is 28.7 Å². The van der Waals surface area contributed by atoms with Gasteiger partial charge < -0.3 is 0 Å². The summed E-state index contributed by atoms with van der Waals surface area (Å²) in [5, 5.41) is 0. The van der Waals surface area contributed by atoms with Gasteiger partial charge in [-0.2, -0.15) is 12.7 Å². The van der Waals surface area contributed by atoms with E-state index in [4.69, 9.17) is 0 Å². The Morgan fingerprint density at radius 3 is 2.10 bits per heavy atom. The molecule has 20 heavy (non-hydrogen) atoms. The normalized spacial score (nSPS) is 12.9. The second-order valence-electron chi connectivity index (χ2n) is 5.30. The number of hydrogen-bond acceptors (Lipinski definition) is 2. The van der Waals surface area contributed by atoms with Crippen LogP contribution < -0.4 is 4.72 Å². The number of halogens is 1. The van der Waals surface area contributed by atoms with E-state index < -0.39 is 10.2 Å². The van der Waals surface area contributed by atoms with E-state index in [0.717, 1.165) is 10.0 Å². The molecule has 0 aliphatic rings. The van der Waals surface area contributed by atoms with Gasteiger partial charge in [-0.3, -0.25) is 0 Å². The van der Waals surface area contributed by atoms with Gasteiger partial charge in [-0.05, 0) is 17.7 Å². The summed E-state index contributed by atoms with van der Waals surface area (Å²) in [5.41, 5.74) is 0.837. The van der Waals surface area contributed by atoms with Crippen molar-refractivity contribution in [2.75, 3.05) is 19.6 Å². The first-order valence-corrected chi connectivity index (χ1v) is 8.97. The van der Waals surface area contributed by atoms with Crippen molar-refractivity contribution in [1.29, 1.82) is 0 Å². The third kappa shape index (κ3) is 4.55. The van der Waals surface area contributed by atoms with Crippen LogP contribution in [0.4, 0.5) is 0 Å². The fourth-order valence-electron chi connectivity index (χ4n) is 1.93. The Morgan fingerprint density at radius 2 is 1.65 bits per heavy atom. The maximum absolute atomic E-state index is 12.1. The summed E-state index contributed by atoms with van der Waals surface area (Å²) in [6.07, 6.45) is 0. The van der Waals surface area contributed by atoms with Crippen LogP contribution in [0.1, 0.15) is 33.3 Å². The van der Waals surface area contributed by atoms with Crippen LogP contribution in [0, 0.1) is 0 Å². The molecule has 0 fully saturated rings. The third-order valence-electron chi connectivity index (χ3n) is 3.37. The van der Waals surface area contributed by atoms with E-state index >= 15 is 0 Å². The predicted molar refractivity (Wildman–Crippen MR) is 87.0 cm³/mol. The summed E-state index contributed by atoms with van der Waals surface area (Å²) >= 11 is 3.40. The third-order valence-corrected chi connectivity index (χ3v) is 5.60. The molecule has 1 aromatic rings. The van der Waals surface area contributed by atoms with Gasteiger partial charge in [0.25, 0.3) is 10.2 Å². The van der Waals surface area contributed by atoms with Gasteiger partial charge in [-0.15, -0.1) is 0 Å². The largest absolute Gasteiger partial charge is 0.279 e. The van der Waals surface area contributed by atoms with Crippen molar-refractivity contribution in [1.82, 2.24) is 9.03 Å². The molecule has 6 heteroatoms. The minimum absolute atomic E-state index is 0.263. The Bertz CT molecular complexity index is 523. The zero-order chi connectivity index (χ0) is 15.4. The molecule has 1 N–H and O–H groups in total. The van der Waals surface area contributed by atoms with Crippen molar-refractivity contribution in [3.8, 4) is 0 Å². The van der Waals surface area contributed by atoms with E-state index in [1.54, 1.807) is 0 Å². The van der Waals surface area contributed by atoms with E-state index in [2.05, 4.69) is 20.7 Å². The van der Waals surface area contributed by atoms with Crippen LogP contribution in [0.3, 0.4) is 0 Å². The predicted octanol–water partition coefficient (Wildman–Crippen LogP) is 2.90. The summed E-state index contributed by atoms with van der Waals surface area (Å²) < 4.78 is 29.4. The number of nitrogens with zero attached hydrogens (tertiary/aromatic N) is 1. The molecule has 0 spiro atoms. The van der Waals surface area contributed by atoms with Gasteiger partial charge in [0.05, 0.1) is 0 Å². The Kier molecular flexibility index (Phi) is 6.19. The second kappa shape index (κ2) is 7.02. The molecule has 0 aliphatic carbocycles. The van der Waals surface area contributed by atoms with Gasteiger partial charge in [0.15, 0.2) is 0 Å². The fraction of sp³-hybridized carbons (Fsp3) is 0.571. The lowest BCUT2D eigenvalue weighted by atomic mass is 9.85. The first kappa shape index (κ1) is 17.6. The van der Waals surface area contributed by atoms with E-state index in [9.17, 15) is 8.42 Å². The second-order valence-corrected chi connectivity index (χ2v) is 7.97. The topological polar surface area (TPSA) is 49.4 Å². The van der Waals surface area contributed by atoms with Gasteiger partial charge in [0.2, 0.25) is 0 Å². The highest BCUT2D eigenvalue weighted by Crippen LogP contribution is 2.24. The summed E-state index contributed by atoms with van der Waals surface area (Å²) in [7, 11) is -3.40. The maximum Gasteiger partial charge on any atom is 0.279 e. The average molecular weight is 363 g/mol. The molecule has 0 bridgehead atoms. The Labute approximate surface area is 130 Å². The van der Waals surface area contributed by atoms with Crippen LogP contribution in [-0.4, -0.2) is 32.4 Å². The molecule has 0 saturated heterocycles. The van der Waals surface area contributed by atoms with Crippen molar-refractivity contribution in [2.45, 2.75) is 33.1 Å². The molecule has 4 nitrogen and oxygen atoms in total. The smallest absolute Gasteiger partial charge is 0.201 e. The summed E-state index contributed by atoms with van der Waals surface area (Å²) in [5.74, 6) is 0.